The molecule has 0 fully saturated rings. The third kappa shape index (κ3) is 3.47. The summed E-state index contributed by atoms with van der Waals surface area (Å²) in [5.74, 6) is 0.426. The number of aromatic nitrogens is 1. The third-order valence-corrected chi connectivity index (χ3v) is 2.54. The number of aliphatic hydroxyl groups is 2. The second-order valence-electron chi connectivity index (χ2n) is 5.17. The molecule has 0 bridgehead atoms. The van der Waals surface area contributed by atoms with Crippen molar-refractivity contribution in [3.63, 3.8) is 0 Å². The van der Waals surface area contributed by atoms with Gasteiger partial charge >= 0.3 is 0 Å². The first-order chi connectivity index (χ1) is 7.30. The molecule has 1 heterocycles. The van der Waals surface area contributed by atoms with Crippen LogP contribution in [0.5, 0.6) is 0 Å². The summed E-state index contributed by atoms with van der Waals surface area (Å²) < 4.78 is 0. The molecule has 4 nitrogen and oxygen atoms in total. The predicted molar refractivity (Wildman–Crippen MR) is 63.8 cm³/mol. The van der Waals surface area contributed by atoms with Gasteiger partial charge in [-0.2, -0.15) is 0 Å². The number of pyridine rings is 1. The summed E-state index contributed by atoms with van der Waals surface area (Å²) >= 11 is 0. The topological polar surface area (TPSA) is 79.4 Å². The maximum absolute atomic E-state index is 9.89. The highest BCUT2D eigenvalue weighted by Crippen LogP contribution is 2.23. The van der Waals surface area contributed by atoms with Gasteiger partial charge < -0.3 is 15.9 Å². The van der Waals surface area contributed by atoms with Crippen LogP contribution in [-0.2, 0) is 6.42 Å². The van der Waals surface area contributed by atoms with Gasteiger partial charge in [-0.3, -0.25) is 0 Å². The monoisotopic (exact) mass is 224 g/mol. The van der Waals surface area contributed by atoms with E-state index in [2.05, 4.69) is 4.98 Å². The van der Waals surface area contributed by atoms with Crippen LogP contribution >= 0.6 is 0 Å². The molecular weight excluding hydrogens is 204 g/mol. The van der Waals surface area contributed by atoms with Crippen molar-refractivity contribution in [1.29, 1.82) is 0 Å². The SMILES string of the molecule is CC(C)(C)C(O)C(O)Cc1ccnc(N)c1. The van der Waals surface area contributed by atoms with Crippen LogP contribution in [0.1, 0.15) is 26.3 Å². The molecular formula is C12H20N2O2. The van der Waals surface area contributed by atoms with E-state index in [4.69, 9.17) is 5.73 Å². The highest BCUT2D eigenvalue weighted by Gasteiger charge is 2.29. The number of hydrogen-bond acceptors (Lipinski definition) is 4. The Hall–Kier alpha value is -1.13. The van der Waals surface area contributed by atoms with Crippen molar-refractivity contribution in [2.24, 2.45) is 5.41 Å². The minimum absolute atomic E-state index is 0.335. The van der Waals surface area contributed by atoms with E-state index in [0.717, 1.165) is 5.56 Å². The van der Waals surface area contributed by atoms with Gasteiger partial charge in [0.25, 0.3) is 0 Å². The first-order valence-corrected chi connectivity index (χ1v) is 5.37. The number of aliphatic hydroxyl groups excluding tert-OH is 2. The van der Waals surface area contributed by atoms with E-state index in [1.54, 1.807) is 18.3 Å². The lowest BCUT2D eigenvalue weighted by atomic mass is 9.84. The van der Waals surface area contributed by atoms with Gasteiger partial charge in [0.15, 0.2) is 0 Å². The first kappa shape index (κ1) is 12.9. The molecule has 16 heavy (non-hydrogen) atoms. The lowest BCUT2D eigenvalue weighted by molar-refractivity contribution is -0.0434. The number of anilines is 1. The van der Waals surface area contributed by atoms with Crippen molar-refractivity contribution in [2.45, 2.75) is 39.4 Å². The summed E-state index contributed by atoms with van der Waals surface area (Å²) in [6, 6.07) is 3.49. The Kier molecular flexibility index (Phi) is 3.88. The fourth-order valence-corrected chi connectivity index (χ4v) is 1.55. The molecule has 0 radical (unpaired) electrons. The zero-order valence-corrected chi connectivity index (χ0v) is 10.0. The maximum atomic E-state index is 9.89. The molecule has 1 aromatic rings. The van der Waals surface area contributed by atoms with E-state index >= 15 is 0 Å². The van der Waals surface area contributed by atoms with Crippen molar-refractivity contribution in [3.05, 3.63) is 23.9 Å². The standard InChI is InChI=1S/C12H20N2O2/c1-12(2,3)11(16)9(15)6-8-4-5-14-10(13)7-8/h4-5,7,9,11,15-16H,6H2,1-3H3,(H2,13,14). The molecule has 0 saturated carbocycles. The Balaban J connectivity index is 2.68. The number of rotatable bonds is 3. The van der Waals surface area contributed by atoms with E-state index < -0.39 is 12.2 Å². The average Bonchev–Trinajstić information content (AvgIpc) is 2.15. The smallest absolute Gasteiger partial charge is 0.123 e. The van der Waals surface area contributed by atoms with Gasteiger partial charge in [0, 0.05) is 12.6 Å². The molecule has 0 aromatic carbocycles. The van der Waals surface area contributed by atoms with Crippen LogP contribution < -0.4 is 5.73 Å². The molecule has 0 aliphatic carbocycles. The van der Waals surface area contributed by atoms with Crippen LogP contribution in [0.4, 0.5) is 5.82 Å². The quantitative estimate of drug-likeness (QED) is 0.715. The Morgan fingerprint density at radius 3 is 2.50 bits per heavy atom. The van der Waals surface area contributed by atoms with Crippen molar-refractivity contribution in [1.82, 2.24) is 4.98 Å². The second-order valence-corrected chi connectivity index (χ2v) is 5.17. The van der Waals surface area contributed by atoms with Crippen LogP contribution in [0.25, 0.3) is 0 Å². The Morgan fingerprint density at radius 1 is 1.38 bits per heavy atom. The van der Waals surface area contributed by atoms with Crippen molar-refractivity contribution in [2.75, 3.05) is 5.73 Å². The van der Waals surface area contributed by atoms with Gasteiger partial charge in [-0.05, 0) is 23.1 Å². The first-order valence-electron chi connectivity index (χ1n) is 5.37. The van der Waals surface area contributed by atoms with Crippen LogP contribution in [0.15, 0.2) is 18.3 Å². The van der Waals surface area contributed by atoms with E-state index in [1.165, 1.54) is 0 Å². The Bertz CT molecular complexity index is 347. The van der Waals surface area contributed by atoms with Gasteiger partial charge in [0.05, 0.1) is 12.2 Å². The largest absolute Gasteiger partial charge is 0.390 e. The minimum Gasteiger partial charge on any atom is -0.390 e. The molecule has 4 N–H and O–H groups in total. The van der Waals surface area contributed by atoms with Crippen LogP contribution in [0, 0.1) is 5.41 Å². The Labute approximate surface area is 96.1 Å². The van der Waals surface area contributed by atoms with Gasteiger partial charge in [-0.25, -0.2) is 4.98 Å². The second kappa shape index (κ2) is 4.80. The summed E-state index contributed by atoms with van der Waals surface area (Å²) in [6.07, 6.45) is 0.426. The summed E-state index contributed by atoms with van der Waals surface area (Å²) in [5.41, 5.74) is 6.08. The zero-order chi connectivity index (χ0) is 12.3. The van der Waals surface area contributed by atoms with Gasteiger partial charge in [-0.15, -0.1) is 0 Å². The number of nitrogens with two attached hydrogens (primary N) is 1. The molecule has 1 rings (SSSR count). The van der Waals surface area contributed by atoms with E-state index in [9.17, 15) is 10.2 Å². The molecule has 0 saturated heterocycles. The highest BCUT2D eigenvalue weighted by molar-refractivity contribution is 5.32. The normalized spacial score (nSPS) is 15.8. The Morgan fingerprint density at radius 2 is 2.00 bits per heavy atom. The van der Waals surface area contributed by atoms with Crippen molar-refractivity contribution in [3.8, 4) is 0 Å². The minimum atomic E-state index is -0.790. The summed E-state index contributed by atoms with van der Waals surface area (Å²) in [6.45, 7) is 5.67. The number of hydrogen-bond donors (Lipinski definition) is 3. The van der Waals surface area contributed by atoms with Crippen LogP contribution in [0.3, 0.4) is 0 Å². The average molecular weight is 224 g/mol. The summed E-state index contributed by atoms with van der Waals surface area (Å²) in [5, 5.41) is 19.8. The van der Waals surface area contributed by atoms with Crippen LogP contribution in [-0.4, -0.2) is 27.4 Å². The molecule has 1 aromatic heterocycles. The summed E-state index contributed by atoms with van der Waals surface area (Å²) in [7, 11) is 0. The van der Waals surface area contributed by atoms with Gasteiger partial charge in [-0.1, -0.05) is 20.8 Å². The zero-order valence-electron chi connectivity index (χ0n) is 10.0. The highest BCUT2D eigenvalue weighted by atomic mass is 16.3. The molecule has 90 valence electrons. The molecule has 0 spiro atoms. The van der Waals surface area contributed by atoms with Crippen molar-refractivity contribution >= 4 is 5.82 Å². The lowest BCUT2D eigenvalue weighted by Gasteiger charge is -2.30. The molecule has 2 unspecified atom stereocenters. The maximum Gasteiger partial charge on any atom is 0.123 e. The number of nitrogen functional groups attached to an aromatic ring is 1. The third-order valence-electron chi connectivity index (χ3n) is 2.54. The lowest BCUT2D eigenvalue weighted by Crippen LogP contribution is -2.38. The fraction of sp³-hybridized carbons (Fsp3) is 0.583. The number of nitrogens with zero attached hydrogens (tertiary/aromatic N) is 1. The van der Waals surface area contributed by atoms with E-state index in [1.807, 2.05) is 20.8 Å². The fourth-order valence-electron chi connectivity index (χ4n) is 1.55. The molecule has 0 amide bonds. The predicted octanol–water partition coefficient (Wildman–Crippen LogP) is 0.974. The molecule has 0 aliphatic rings. The molecule has 4 heteroatoms. The molecule has 2 atom stereocenters. The van der Waals surface area contributed by atoms with Gasteiger partial charge in [0.2, 0.25) is 0 Å². The molecule has 0 aliphatic heterocycles. The van der Waals surface area contributed by atoms with Gasteiger partial charge in [0.1, 0.15) is 5.82 Å². The van der Waals surface area contributed by atoms with Crippen molar-refractivity contribution < 1.29 is 10.2 Å². The van der Waals surface area contributed by atoms with Crippen LogP contribution in [0.2, 0.25) is 0 Å². The van der Waals surface area contributed by atoms with E-state index in [0.29, 0.717) is 12.2 Å². The summed E-state index contributed by atoms with van der Waals surface area (Å²) in [4.78, 5) is 3.87. The van der Waals surface area contributed by atoms with E-state index in [-0.39, 0.29) is 5.41 Å².